The number of β-amino-alcohol motifs (C(OH)–C–C–N with tert-alkyl or cyclic N) is 1. The summed E-state index contributed by atoms with van der Waals surface area (Å²) in [4.78, 5) is 43.5. The molecule has 4 N–H and O–H groups in total. The number of nitrogens with zero attached hydrogens (tertiary/aromatic N) is 3. The fraction of sp³-hybridized carbons (Fsp3) is 0.250. The number of rotatable bonds is 4. The van der Waals surface area contributed by atoms with Crippen LogP contribution in [-0.4, -0.2) is 52.5 Å². The highest BCUT2D eigenvalue weighted by atomic mass is 35.5. The lowest BCUT2D eigenvalue weighted by Crippen LogP contribution is -2.43. The largest absolute Gasteiger partial charge is 0.377 e. The van der Waals surface area contributed by atoms with E-state index in [1.807, 2.05) is 0 Å². The first-order valence-corrected chi connectivity index (χ1v) is 11.8. The van der Waals surface area contributed by atoms with Gasteiger partial charge >= 0.3 is 6.03 Å². The van der Waals surface area contributed by atoms with Gasteiger partial charge in [0.05, 0.1) is 24.0 Å². The molecule has 3 heterocycles. The first-order chi connectivity index (χ1) is 18.4. The second-order valence-electron chi connectivity index (χ2n) is 8.90. The van der Waals surface area contributed by atoms with Gasteiger partial charge in [-0.2, -0.15) is 0 Å². The number of amides is 4. The van der Waals surface area contributed by atoms with Gasteiger partial charge in [0.25, 0.3) is 12.3 Å². The third kappa shape index (κ3) is 4.34. The van der Waals surface area contributed by atoms with E-state index in [9.17, 15) is 37.1 Å². The smallest absolute Gasteiger partial charge is 0.327 e. The molecule has 0 saturated carbocycles. The van der Waals surface area contributed by atoms with Crippen LogP contribution in [0.25, 0.3) is 0 Å². The Morgan fingerprint density at radius 3 is 2.59 bits per heavy atom. The second kappa shape index (κ2) is 9.54. The molecule has 0 aliphatic carbocycles. The van der Waals surface area contributed by atoms with Gasteiger partial charge in [-0.1, -0.05) is 11.6 Å². The van der Waals surface area contributed by atoms with Crippen molar-refractivity contribution in [3.05, 3.63) is 75.7 Å². The molecular formula is C24H19ClF4N6O4. The number of aromatic nitrogens is 2. The van der Waals surface area contributed by atoms with Crippen LogP contribution in [0, 0.1) is 11.6 Å². The molecule has 4 amide bonds. The van der Waals surface area contributed by atoms with E-state index in [1.165, 1.54) is 17.7 Å². The number of fused-ring (bicyclic) bond motifs is 2. The molecule has 0 saturated heterocycles. The third-order valence-electron chi connectivity index (χ3n) is 6.53. The van der Waals surface area contributed by atoms with Crippen molar-refractivity contribution in [1.82, 2.24) is 20.2 Å². The van der Waals surface area contributed by atoms with Crippen LogP contribution in [0.15, 0.2) is 36.4 Å². The van der Waals surface area contributed by atoms with Gasteiger partial charge in [-0.15, -0.1) is 0 Å². The number of imidazole rings is 1. The minimum atomic E-state index is -3.36. The summed E-state index contributed by atoms with van der Waals surface area (Å²) in [6.45, 7) is -1.30. The molecule has 0 radical (unpaired) electrons. The second-order valence-corrected chi connectivity index (χ2v) is 9.31. The number of alkyl halides is 2. The molecule has 10 nitrogen and oxygen atoms in total. The number of halogens is 5. The summed E-state index contributed by atoms with van der Waals surface area (Å²) in [6.07, 6.45) is -3.36. The minimum Gasteiger partial charge on any atom is -0.377 e. The Labute approximate surface area is 222 Å². The van der Waals surface area contributed by atoms with Crippen molar-refractivity contribution < 1.29 is 37.1 Å². The summed E-state index contributed by atoms with van der Waals surface area (Å²) < 4.78 is 56.8. The van der Waals surface area contributed by atoms with Gasteiger partial charge in [-0.3, -0.25) is 19.8 Å². The van der Waals surface area contributed by atoms with E-state index in [2.05, 4.69) is 20.9 Å². The number of benzene rings is 2. The zero-order chi connectivity index (χ0) is 28.2. The van der Waals surface area contributed by atoms with Crippen LogP contribution in [0.2, 0.25) is 5.02 Å². The number of nitrogens with one attached hydrogen (secondary N) is 3. The number of urea groups is 1. The number of carbonyl (C=O) groups is 3. The van der Waals surface area contributed by atoms with Crippen molar-refractivity contribution in [2.75, 3.05) is 23.8 Å². The van der Waals surface area contributed by atoms with Crippen LogP contribution in [0.3, 0.4) is 0 Å². The van der Waals surface area contributed by atoms with E-state index >= 15 is 0 Å². The molecule has 2 unspecified atom stereocenters. The Morgan fingerprint density at radius 1 is 1.21 bits per heavy atom. The molecule has 3 aromatic rings. The predicted molar refractivity (Wildman–Crippen MR) is 130 cm³/mol. The third-order valence-corrected chi connectivity index (χ3v) is 6.88. The molecule has 0 bridgehead atoms. The quantitative estimate of drug-likeness (QED) is 0.361. The molecular weight excluding hydrogens is 548 g/mol. The highest BCUT2D eigenvalue weighted by molar-refractivity contribution is 6.31. The average molecular weight is 567 g/mol. The summed E-state index contributed by atoms with van der Waals surface area (Å²) >= 11 is 6.28. The number of carbonyl (C=O) groups excluding carboxylic acids is 3. The van der Waals surface area contributed by atoms with E-state index in [4.69, 9.17) is 11.6 Å². The monoisotopic (exact) mass is 566 g/mol. The molecule has 2 aliphatic rings. The molecule has 0 spiro atoms. The maximum absolute atomic E-state index is 14.1. The van der Waals surface area contributed by atoms with Gasteiger partial charge < -0.3 is 20.3 Å². The summed E-state index contributed by atoms with van der Waals surface area (Å²) in [6, 6.07) is 3.93. The molecule has 39 heavy (non-hydrogen) atoms. The lowest BCUT2D eigenvalue weighted by molar-refractivity contribution is -0.123. The van der Waals surface area contributed by atoms with Crippen LogP contribution in [0.4, 0.5) is 33.9 Å². The van der Waals surface area contributed by atoms with Crippen molar-refractivity contribution in [2.45, 2.75) is 24.6 Å². The standard InChI is InChI=1S/C24H19ClF4N6O4/c1-30-21(37)20-32-19(18-17(31-16(36)8-34(18)20)12-6-10(26)2-4-14(12)25)33-23(38)35-9-24(39,22(28)29)13-7-11(27)3-5-15(13)35/h2-7,17,22,39H,8-9H2,1H3,(H,30,37)(H,31,36)(H,33,38). The highest BCUT2D eigenvalue weighted by Crippen LogP contribution is 2.44. The van der Waals surface area contributed by atoms with E-state index in [1.54, 1.807) is 0 Å². The Kier molecular flexibility index (Phi) is 6.47. The zero-order valence-corrected chi connectivity index (χ0v) is 20.7. The van der Waals surface area contributed by atoms with E-state index in [0.29, 0.717) is 6.07 Å². The molecule has 2 atom stereocenters. The lowest BCUT2D eigenvalue weighted by atomic mass is 9.97. The van der Waals surface area contributed by atoms with Crippen LogP contribution in [-0.2, 0) is 16.9 Å². The van der Waals surface area contributed by atoms with Gasteiger partial charge in [-0.25, -0.2) is 27.3 Å². The molecule has 204 valence electrons. The fourth-order valence-corrected chi connectivity index (χ4v) is 4.94. The van der Waals surface area contributed by atoms with Crippen LogP contribution in [0.1, 0.15) is 33.5 Å². The number of anilines is 2. The first-order valence-electron chi connectivity index (χ1n) is 11.4. The van der Waals surface area contributed by atoms with Crippen LogP contribution in [0.5, 0.6) is 0 Å². The topological polar surface area (TPSA) is 129 Å². The van der Waals surface area contributed by atoms with Crippen molar-refractivity contribution in [2.24, 2.45) is 0 Å². The normalized spacial score (nSPS) is 19.9. The van der Waals surface area contributed by atoms with Gasteiger partial charge in [0.1, 0.15) is 18.2 Å². The van der Waals surface area contributed by atoms with Gasteiger partial charge in [0.15, 0.2) is 11.4 Å². The van der Waals surface area contributed by atoms with Crippen LogP contribution >= 0.6 is 11.6 Å². The van der Waals surface area contributed by atoms with Gasteiger partial charge in [-0.05, 0) is 36.4 Å². The number of hydrogen-bond acceptors (Lipinski definition) is 5. The fourth-order valence-electron chi connectivity index (χ4n) is 4.71. The molecule has 5 rings (SSSR count). The number of aliphatic hydroxyl groups is 1. The average Bonchev–Trinajstić information content (AvgIpc) is 3.40. The predicted octanol–water partition coefficient (Wildman–Crippen LogP) is 2.90. The Balaban J connectivity index is 1.60. The lowest BCUT2D eigenvalue weighted by Gasteiger charge is -2.28. The van der Waals surface area contributed by atoms with Gasteiger partial charge in [0.2, 0.25) is 11.7 Å². The van der Waals surface area contributed by atoms with Crippen molar-refractivity contribution in [3.63, 3.8) is 0 Å². The number of hydrogen-bond donors (Lipinski definition) is 4. The Bertz CT molecular complexity index is 1530. The highest BCUT2D eigenvalue weighted by Gasteiger charge is 2.50. The Hall–Kier alpha value is -4.17. The maximum atomic E-state index is 14.1. The summed E-state index contributed by atoms with van der Waals surface area (Å²) in [5.41, 5.74) is -3.35. The van der Waals surface area contributed by atoms with Crippen molar-refractivity contribution >= 4 is 41.0 Å². The van der Waals surface area contributed by atoms with Crippen molar-refractivity contribution in [1.29, 1.82) is 0 Å². The van der Waals surface area contributed by atoms with E-state index in [-0.39, 0.29) is 40.2 Å². The summed E-state index contributed by atoms with van der Waals surface area (Å²) in [5.74, 6) is -3.39. The SMILES string of the molecule is CNC(=O)c1nc(NC(=O)N2CC(O)(C(F)F)c3cc(F)ccc32)c2n1CC(=O)NC2c1cc(F)ccc1Cl. The van der Waals surface area contributed by atoms with Crippen LogP contribution < -0.4 is 20.9 Å². The van der Waals surface area contributed by atoms with Gasteiger partial charge in [0, 0.05) is 23.2 Å². The summed E-state index contributed by atoms with van der Waals surface area (Å²) in [7, 11) is 1.32. The minimum absolute atomic E-state index is 0.0525. The summed E-state index contributed by atoms with van der Waals surface area (Å²) in [5, 5.41) is 18.1. The van der Waals surface area contributed by atoms with E-state index in [0.717, 1.165) is 29.2 Å². The first kappa shape index (κ1) is 26.4. The molecule has 2 aromatic carbocycles. The molecule has 15 heteroatoms. The van der Waals surface area contributed by atoms with Crippen molar-refractivity contribution in [3.8, 4) is 0 Å². The zero-order valence-electron chi connectivity index (χ0n) is 19.9. The Morgan fingerprint density at radius 2 is 1.90 bits per heavy atom. The molecule has 0 fully saturated rings. The molecule has 1 aromatic heterocycles. The molecule has 2 aliphatic heterocycles. The van der Waals surface area contributed by atoms with E-state index < -0.39 is 59.7 Å². The maximum Gasteiger partial charge on any atom is 0.327 e.